The highest BCUT2D eigenvalue weighted by molar-refractivity contribution is 5.92. The summed E-state index contributed by atoms with van der Waals surface area (Å²) in [6.45, 7) is 1.27. The van der Waals surface area contributed by atoms with Crippen molar-refractivity contribution >= 4 is 12.0 Å². The summed E-state index contributed by atoms with van der Waals surface area (Å²) in [6, 6.07) is 4.51. The molecule has 0 aromatic heterocycles. The predicted octanol–water partition coefficient (Wildman–Crippen LogP) is 1.30. The Hall–Kier alpha value is -1.88. The smallest absolute Gasteiger partial charge is 0.246 e. The first kappa shape index (κ1) is 13.5. The number of rotatable bonds is 4. The molecule has 1 aromatic rings. The molecule has 1 heterocycles. The van der Waals surface area contributed by atoms with Gasteiger partial charge in [-0.3, -0.25) is 4.79 Å². The van der Waals surface area contributed by atoms with Gasteiger partial charge in [0.15, 0.2) is 11.6 Å². The number of carbonyl (C=O) groups excluding carboxylic acids is 1. The van der Waals surface area contributed by atoms with E-state index in [4.69, 9.17) is 9.84 Å². The maximum Gasteiger partial charge on any atom is 0.246 e. The standard InChI is InChI=1S/C14H16FNO3/c1-19-13-4-2-10(6-12(13)15)3-5-14(18)16-7-11(8-16)9-17/h2-6,11,17H,7-9H2,1H3. The van der Waals surface area contributed by atoms with Crippen molar-refractivity contribution in [2.75, 3.05) is 26.8 Å². The summed E-state index contributed by atoms with van der Waals surface area (Å²) in [5.74, 6) is -0.213. The Balaban J connectivity index is 1.95. The molecule has 2 rings (SSSR count). The van der Waals surface area contributed by atoms with Crippen LogP contribution in [0.1, 0.15) is 5.56 Å². The fourth-order valence-corrected chi connectivity index (χ4v) is 1.92. The van der Waals surface area contributed by atoms with E-state index >= 15 is 0 Å². The van der Waals surface area contributed by atoms with E-state index in [2.05, 4.69) is 0 Å². The first-order chi connectivity index (χ1) is 9.13. The normalized spacial score (nSPS) is 15.6. The Kier molecular flexibility index (Phi) is 4.16. The van der Waals surface area contributed by atoms with Crippen LogP contribution in [0.2, 0.25) is 0 Å². The quantitative estimate of drug-likeness (QED) is 0.835. The van der Waals surface area contributed by atoms with Crippen LogP contribution in [0.15, 0.2) is 24.3 Å². The van der Waals surface area contributed by atoms with Gasteiger partial charge in [-0.2, -0.15) is 0 Å². The van der Waals surface area contributed by atoms with Crippen LogP contribution in [0.3, 0.4) is 0 Å². The molecule has 1 aliphatic heterocycles. The number of hydrogen-bond acceptors (Lipinski definition) is 3. The van der Waals surface area contributed by atoms with Crippen LogP contribution in [0.4, 0.5) is 4.39 Å². The van der Waals surface area contributed by atoms with Crippen LogP contribution in [-0.2, 0) is 4.79 Å². The second kappa shape index (κ2) is 5.84. The SMILES string of the molecule is COc1ccc(C=CC(=O)N2CC(CO)C2)cc1F. The summed E-state index contributed by atoms with van der Waals surface area (Å²) in [4.78, 5) is 13.3. The lowest BCUT2D eigenvalue weighted by Crippen LogP contribution is -2.50. The number of benzene rings is 1. The lowest BCUT2D eigenvalue weighted by molar-refractivity contribution is -0.132. The number of aliphatic hydroxyl groups is 1. The van der Waals surface area contributed by atoms with Crippen LogP contribution < -0.4 is 4.74 Å². The third kappa shape index (κ3) is 3.12. The number of hydrogen-bond donors (Lipinski definition) is 1. The highest BCUT2D eigenvalue weighted by Crippen LogP contribution is 2.19. The van der Waals surface area contributed by atoms with Gasteiger partial charge in [-0.05, 0) is 23.8 Å². The summed E-state index contributed by atoms with van der Waals surface area (Å²) in [6.07, 6.45) is 2.98. The molecular formula is C14H16FNO3. The molecule has 0 spiro atoms. The minimum absolute atomic E-state index is 0.108. The minimum atomic E-state index is -0.457. The zero-order valence-corrected chi connectivity index (χ0v) is 10.7. The maximum atomic E-state index is 13.4. The minimum Gasteiger partial charge on any atom is -0.494 e. The van der Waals surface area contributed by atoms with Crippen molar-refractivity contribution in [1.82, 2.24) is 4.90 Å². The molecule has 0 unspecified atom stereocenters. The zero-order valence-electron chi connectivity index (χ0n) is 10.7. The number of halogens is 1. The summed E-state index contributed by atoms with van der Waals surface area (Å²) in [5.41, 5.74) is 0.603. The van der Waals surface area contributed by atoms with Crippen LogP contribution >= 0.6 is 0 Å². The number of nitrogens with zero attached hydrogens (tertiary/aromatic N) is 1. The molecular weight excluding hydrogens is 249 g/mol. The molecule has 4 nitrogen and oxygen atoms in total. The van der Waals surface area contributed by atoms with Crippen molar-refractivity contribution < 1.29 is 19.0 Å². The van der Waals surface area contributed by atoms with Gasteiger partial charge in [0.1, 0.15) is 0 Å². The molecule has 0 bridgehead atoms. The van der Waals surface area contributed by atoms with Crippen molar-refractivity contribution in [1.29, 1.82) is 0 Å². The van der Waals surface area contributed by atoms with Crippen LogP contribution in [0.5, 0.6) is 5.75 Å². The van der Waals surface area contributed by atoms with Gasteiger partial charge in [0, 0.05) is 31.7 Å². The molecule has 1 amide bonds. The summed E-state index contributed by atoms with van der Waals surface area (Å²) < 4.78 is 18.2. The molecule has 5 heteroatoms. The highest BCUT2D eigenvalue weighted by atomic mass is 19.1. The second-order valence-corrected chi connectivity index (χ2v) is 4.52. The van der Waals surface area contributed by atoms with E-state index in [0.29, 0.717) is 18.7 Å². The average Bonchev–Trinajstić information content (AvgIpc) is 2.35. The monoisotopic (exact) mass is 265 g/mol. The van der Waals surface area contributed by atoms with E-state index in [1.807, 2.05) is 0 Å². The Morgan fingerprint density at radius 1 is 1.58 bits per heavy atom. The third-order valence-corrected chi connectivity index (χ3v) is 3.12. The van der Waals surface area contributed by atoms with Gasteiger partial charge >= 0.3 is 0 Å². The van der Waals surface area contributed by atoms with Crippen LogP contribution in [0.25, 0.3) is 6.08 Å². The highest BCUT2D eigenvalue weighted by Gasteiger charge is 2.28. The molecule has 1 saturated heterocycles. The van der Waals surface area contributed by atoms with Gasteiger partial charge in [-0.25, -0.2) is 4.39 Å². The van der Waals surface area contributed by atoms with Crippen LogP contribution in [0, 0.1) is 11.7 Å². The fraction of sp³-hybridized carbons (Fsp3) is 0.357. The van der Waals surface area contributed by atoms with Gasteiger partial charge in [0.25, 0.3) is 0 Å². The first-order valence-electron chi connectivity index (χ1n) is 6.05. The maximum absolute atomic E-state index is 13.4. The second-order valence-electron chi connectivity index (χ2n) is 4.52. The number of methoxy groups -OCH3 is 1. The number of amides is 1. The number of carbonyl (C=O) groups is 1. The topological polar surface area (TPSA) is 49.8 Å². The Labute approximate surface area is 111 Å². The predicted molar refractivity (Wildman–Crippen MR) is 69.1 cm³/mol. The van der Waals surface area contributed by atoms with Gasteiger partial charge in [0.05, 0.1) is 7.11 Å². The van der Waals surface area contributed by atoms with Crippen LogP contribution in [-0.4, -0.2) is 42.7 Å². The first-order valence-corrected chi connectivity index (χ1v) is 6.05. The molecule has 0 atom stereocenters. The van der Waals surface area contributed by atoms with Gasteiger partial charge in [-0.1, -0.05) is 6.07 Å². The molecule has 1 aliphatic rings. The lowest BCUT2D eigenvalue weighted by atomic mass is 10.0. The zero-order chi connectivity index (χ0) is 13.8. The van der Waals surface area contributed by atoms with Crippen molar-refractivity contribution in [2.45, 2.75) is 0 Å². The lowest BCUT2D eigenvalue weighted by Gasteiger charge is -2.37. The number of likely N-dealkylation sites (tertiary alicyclic amines) is 1. The summed E-state index contributed by atoms with van der Waals surface area (Å²) >= 11 is 0. The van der Waals surface area contributed by atoms with E-state index in [-0.39, 0.29) is 24.2 Å². The number of aliphatic hydroxyl groups excluding tert-OH is 1. The van der Waals surface area contributed by atoms with Gasteiger partial charge < -0.3 is 14.7 Å². The third-order valence-electron chi connectivity index (χ3n) is 3.12. The van der Waals surface area contributed by atoms with E-state index in [0.717, 1.165) is 0 Å². The average molecular weight is 265 g/mol. The molecule has 0 radical (unpaired) electrons. The largest absolute Gasteiger partial charge is 0.494 e. The Morgan fingerprint density at radius 2 is 2.32 bits per heavy atom. The van der Waals surface area contributed by atoms with Crippen molar-refractivity contribution in [3.63, 3.8) is 0 Å². The summed E-state index contributed by atoms with van der Waals surface area (Å²) in [5, 5.41) is 8.86. The van der Waals surface area contributed by atoms with E-state index in [9.17, 15) is 9.18 Å². The molecule has 0 saturated carbocycles. The molecule has 0 aliphatic carbocycles. The Morgan fingerprint density at radius 3 is 2.89 bits per heavy atom. The molecule has 102 valence electrons. The summed E-state index contributed by atoms with van der Waals surface area (Å²) in [7, 11) is 1.40. The van der Waals surface area contributed by atoms with Gasteiger partial charge in [-0.15, -0.1) is 0 Å². The molecule has 1 fully saturated rings. The Bertz CT molecular complexity index is 495. The fourth-order valence-electron chi connectivity index (χ4n) is 1.92. The number of ether oxygens (including phenoxy) is 1. The molecule has 1 aromatic carbocycles. The van der Waals surface area contributed by atoms with E-state index in [1.165, 1.54) is 25.3 Å². The molecule has 1 N–H and O–H groups in total. The molecule has 19 heavy (non-hydrogen) atoms. The van der Waals surface area contributed by atoms with Crippen molar-refractivity contribution in [3.05, 3.63) is 35.7 Å². The van der Waals surface area contributed by atoms with E-state index in [1.54, 1.807) is 17.0 Å². The van der Waals surface area contributed by atoms with Gasteiger partial charge in [0.2, 0.25) is 5.91 Å². The van der Waals surface area contributed by atoms with E-state index < -0.39 is 5.82 Å². The van der Waals surface area contributed by atoms with Crippen molar-refractivity contribution in [3.8, 4) is 5.75 Å². The van der Waals surface area contributed by atoms with Crippen molar-refractivity contribution in [2.24, 2.45) is 5.92 Å².